The summed E-state index contributed by atoms with van der Waals surface area (Å²) in [6.45, 7) is 0.732. The summed E-state index contributed by atoms with van der Waals surface area (Å²) in [5.74, 6) is 0.263. The molecule has 1 aromatic rings. The molecule has 0 atom stereocenters. The molecule has 1 aromatic carbocycles. The number of hydrogen-bond donors (Lipinski definition) is 1. The first-order valence-electron chi connectivity index (χ1n) is 7.74. The van der Waals surface area contributed by atoms with Gasteiger partial charge in [-0.2, -0.15) is 0 Å². The SMILES string of the molecule is COc1ccccc1OCC/C=C1\SC(=S)N(CCCC(=O)O)C1=O. The van der Waals surface area contributed by atoms with Gasteiger partial charge in [0, 0.05) is 19.4 Å². The third-order valence-corrected chi connectivity index (χ3v) is 4.85. The predicted molar refractivity (Wildman–Crippen MR) is 100.0 cm³/mol. The van der Waals surface area contributed by atoms with Crippen molar-refractivity contribution < 1.29 is 24.2 Å². The highest BCUT2D eigenvalue weighted by molar-refractivity contribution is 8.26. The van der Waals surface area contributed by atoms with Gasteiger partial charge in [0.15, 0.2) is 11.5 Å². The van der Waals surface area contributed by atoms with E-state index in [0.717, 1.165) is 0 Å². The molecule has 1 saturated heterocycles. The van der Waals surface area contributed by atoms with Crippen LogP contribution in [0.4, 0.5) is 0 Å². The Morgan fingerprint density at radius 2 is 2.08 bits per heavy atom. The first kappa shape index (κ1) is 19.3. The third kappa shape index (κ3) is 5.47. The molecule has 0 bridgehead atoms. The van der Waals surface area contributed by atoms with Gasteiger partial charge in [-0.25, -0.2) is 0 Å². The van der Waals surface area contributed by atoms with E-state index in [9.17, 15) is 9.59 Å². The number of carbonyl (C=O) groups is 2. The van der Waals surface area contributed by atoms with E-state index < -0.39 is 5.97 Å². The van der Waals surface area contributed by atoms with Crippen molar-refractivity contribution >= 4 is 40.2 Å². The second-order valence-electron chi connectivity index (χ2n) is 5.18. The minimum Gasteiger partial charge on any atom is -0.493 e. The van der Waals surface area contributed by atoms with Crippen LogP contribution in [0, 0.1) is 0 Å². The Kier molecular flexibility index (Phi) is 7.27. The quantitative estimate of drug-likeness (QED) is 0.400. The molecular formula is C17H19NO5S2. The van der Waals surface area contributed by atoms with E-state index in [1.165, 1.54) is 16.7 Å². The smallest absolute Gasteiger partial charge is 0.303 e. The number of carboxylic acid groups (broad SMARTS) is 1. The maximum atomic E-state index is 12.3. The number of thioether (sulfide) groups is 1. The summed E-state index contributed by atoms with van der Waals surface area (Å²) >= 11 is 6.43. The van der Waals surface area contributed by atoms with Crippen molar-refractivity contribution in [1.82, 2.24) is 4.90 Å². The number of nitrogens with zero attached hydrogens (tertiary/aromatic N) is 1. The monoisotopic (exact) mass is 381 g/mol. The molecule has 2 rings (SSSR count). The van der Waals surface area contributed by atoms with Gasteiger partial charge in [0.1, 0.15) is 4.32 Å². The lowest BCUT2D eigenvalue weighted by Gasteiger charge is -2.13. The minimum absolute atomic E-state index is 0.0167. The van der Waals surface area contributed by atoms with Gasteiger partial charge in [0.05, 0.1) is 18.6 Å². The predicted octanol–water partition coefficient (Wildman–Crippen LogP) is 3.07. The van der Waals surface area contributed by atoms with Gasteiger partial charge in [-0.1, -0.05) is 42.2 Å². The molecule has 0 unspecified atom stereocenters. The van der Waals surface area contributed by atoms with Gasteiger partial charge < -0.3 is 14.6 Å². The third-order valence-electron chi connectivity index (χ3n) is 3.42. The fraction of sp³-hybridized carbons (Fsp3) is 0.353. The molecule has 0 aromatic heterocycles. The molecule has 0 radical (unpaired) electrons. The number of rotatable bonds is 9. The van der Waals surface area contributed by atoms with Crippen LogP contribution in [0.3, 0.4) is 0 Å². The summed E-state index contributed by atoms with van der Waals surface area (Å²) in [6.07, 6.45) is 2.75. The Hall–Kier alpha value is -2.06. The van der Waals surface area contributed by atoms with Crippen molar-refractivity contribution in [3.8, 4) is 11.5 Å². The molecule has 1 heterocycles. The Bertz CT molecular complexity index is 689. The van der Waals surface area contributed by atoms with Crippen molar-refractivity contribution in [1.29, 1.82) is 0 Å². The standard InChI is InChI=1S/C17H19NO5S2/c1-22-12-6-2-3-7-13(12)23-11-5-8-14-16(21)18(17(24)25-14)10-4-9-15(19)20/h2-3,6-8H,4-5,9-11H2,1H3,(H,19,20)/b14-8-. The van der Waals surface area contributed by atoms with Crippen molar-refractivity contribution in [3.05, 3.63) is 35.2 Å². The maximum absolute atomic E-state index is 12.3. The molecule has 6 nitrogen and oxygen atoms in total. The van der Waals surface area contributed by atoms with Gasteiger partial charge in [0.2, 0.25) is 0 Å². The van der Waals surface area contributed by atoms with Crippen molar-refractivity contribution in [2.45, 2.75) is 19.3 Å². The number of amides is 1. The zero-order valence-corrected chi connectivity index (χ0v) is 15.4. The van der Waals surface area contributed by atoms with Crippen LogP contribution in [0.15, 0.2) is 35.2 Å². The minimum atomic E-state index is -0.880. The van der Waals surface area contributed by atoms with E-state index in [1.54, 1.807) is 13.2 Å². The molecule has 1 aliphatic rings. The Labute approximate surface area is 155 Å². The summed E-state index contributed by atoms with van der Waals surface area (Å²) in [5, 5.41) is 8.67. The fourth-order valence-corrected chi connectivity index (χ4v) is 3.53. The second kappa shape index (κ2) is 9.43. The maximum Gasteiger partial charge on any atom is 0.303 e. The largest absolute Gasteiger partial charge is 0.493 e. The summed E-state index contributed by atoms with van der Waals surface area (Å²) in [7, 11) is 1.58. The highest BCUT2D eigenvalue weighted by atomic mass is 32.2. The molecule has 1 aliphatic heterocycles. The van der Waals surface area contributed by atoms with Gasteiger partial charge in [-0.3, -0.25) is 14.5 Å². The second-order valence-corrected chi connectivity index (χ2v) is 6.85. The van der Waals surface area contributed by atoms with Gasteiger partial charge in [-0.05, 0) is 18.6 Å². The highest BCUT2D eigenvalue weighted by Gasteiger charge is 2.31. The molecule has 0 saturated carbocycles. The van der Waals surface area contributed by atoms with Crippen LogP contribution >= 0.6 is 24.0 Å². The van der Waals surface area contributed by atoms with Crippen LogP contribution in [0.1, 0.15) is 19.3 Å². The van der Waals surface area contributed by atoms with E-state index in [4.69, 9.17) is 26.8 Å². The van der Waals surface area contributed by atoms with Gasteiger partial charge in [-0.15, -0.1) is 0 Å². The number of hydrogen-bond acceptors (Lipinski definition) is 6. The summed E-state index contributed by atoms with van der Waals surface area (Å²) in [5.41, 5.74) is 0. The van der Waals surface area contributed by atoms with E-state index in [-0.39, 0.29) is 12.3 Å². The number of benzene rings is 1. The van der Waals surface area contributed by atoms with Crippen LogP contribution in [0.2, 0.25) is 0 Å². The van der Waals surface area contributed by atoms with E-state index in [2.05, 4.69) is 0 Å². The molecule has 0 spiro atoms. The molecule has 25 heavy (non-hydrogen) atoms. The summed E-state index contributed by atoms with van der Waals surface area (Å²) < 4.78 is 11.3. The average molecular weight is 381 g/mol. The van der Waals surface area contributed by atoms with E-state index in [1.807, 2.05) is 24.3 Å². The molecule has 1 N–H and O–H groups in total. The topological polar surface area (TPSA) is 76.1 Å². The number of methoxy groups -OCH3 is 1. The Balaban J connectivity index is 1.84. The van der Waals surface area contributed by atoms with Crippen molar-refractivity contribution in [2.24, 2.45) is 0 Å². The zero-order chi connectivity index (χ0) is 18.2. The van der Waals surface area contributed by atoms with E-state index in [0.29, 0.717) is 46.7 Å². The number of carboxylic acids is 1. The number of aliphatic carboxylic acids is 1. The summed E-state index contributed by atoms with van der Waals surface area (Å²) in [6, 6.07) is 7.36. The normalized spacial score (nSPS) is 15.7. The number of ether oxygens (including phenoxy) is 2. The molecule has 1 amide bonds. The number of para-hydroxylation sites is 2. The fourth-order valence-electron chi connectivity index (χ4n) is 2.22. The van der Waals surface area contributed by atoms with Crippen molar-refractivity contribution in [3.63, 3.8) is 0 Å². The molecule has 134 valence electrons. The van der Waals surface area contributed by atoms with Crippen LogP contribution in [-0.4, -0.2) is 46.5 Å². The summed E-state index contributed by atoms with van der Waals surface area (Å²) in [4.78, 5) is 24.9. The Morgan fingerprint density at radius 1 is 1.36 bits per heavy atom. The van der Waals surface area contributed by atoms with Crippen LogP contribution < -0.4 is 9.47 Å². The van der Waals surface area contributed by atoms with Gasteiger partial charge >= 0.3 is 5.97 Å². The molecular weight excluding hydrogens is 362 g/mol. The first-order valence-corrected chi connectivity index (χ1v) is 8.97. The van der Waals surface area contributed by atoms with Crippen molar-refractivity contribution in [2.75, 3.05) is 20.3 Å². The molecule has 8 heteroatoms. The number of thiocarbonyl (C=S) groups is 1. The first-order chi connectivity index (χ1) is 12.0. The Morgan fingerprint density at radius 3 is 2.76 bits per heavy atom. The van der Waals surface area contributed by atoms with Crippen LogP contribution in [0.25, 0.3) is 0 Å². The zero-order valence-electron chi connectivity index (χ0n) is 13.8. The lowest BCUT2D eigenvalue weighted by molar-refractivity contribution is -0.137. The molecule has 1 fully saturated rings. The molecule has 0 aliphatic carbocycles. The van der Waals surface area contributed by atoms with Gasteiger partial charge in [0.25, 0.3) is 5.91 Å². The van der Waals surface area contributed by atoms with Crippen LogP contribution in [-0.2, 0) is 9.59 Å². The lowest BCUT2D eigenvalue weighted by atomic mass is 10.3. The van der Waals surface area contributed by atoms with Crippen LogP contribution in [0.5, 0.6) is 11.5 Å². The number of carbonyl (C=O) groups excluding carboxylic acids is 1. The lowest BCUT2D eigenvalue weighted by Crippen LogP contribution is -2.29. The highest BCUT2D eigenvalue weighted by Crippen LogP contribution is 2.31. The van der Waals surface area contributed by atoms with E-state index >= 15 is 0 Å². The average Bonchev–Trinajstić information content (AvgIpc) is 2.86.